The van der Waals surface area contributed by atoms with Gasteiger partial charge in [0.05, 0.1) is 5.69 Å². The second-order valence-electron chi connectivity index (χ2n) is 6.43. The molecule has 2 aromatic rings. The number of nitrogens with zero attached hydrogens (tertiary/aromatic N) is 1. The van der Waals surface area contributed by atoms with Crippen LogP contribution in [-0.2, 0) is 5.41 Å². The fraction of sp³-hybridized carbons (Fsp3) is 0.353. The van der Waals surface area contributed by atoms with Crippen molar-refractivity contribution < 1.29 is 14.1 Å². The quantitative estimate of drug-likeness (QED) is 0.835. The number of hydrazine groups is 1. The van der Waals surface area contributed by atoms with Crippen molar-refractivity contribution in [3.8, 4) is 0 Å². The fourth-order valence-corrected chi connectivity index (χ4v) is 2.18. The minimum Gasteiger partial charge on any atom is -0.361 e. The van der Waals surface area contributed by atoms with E-state index < -0.39 is 5.91 Å². The highest BCUT2D eigenvalue weighted by Crippen LogP contribution is 2.22. The van der Waals surface area contributed by atoms with Gasteiger partial charge in [-0.05, 0) is 37.0 Å². The van der Waals surface area contributed by atoms with Gasteiger partial charge in [0, 0.05) is 5.56 Å². The van der Waals surface area contributed by atoms with Gasteiger partial charge in [-0.2, -0.15) is 0 Å². The maximum absolute atomic E-state index is 12.1. The predicted molar refractivity (Wildman–Crippen MR) is 86.1 cm³/mol. The minimum absolute atomic E-state index is 0.0204. The van der Waals surface area contributed by atoms with Crippen LogP contribution in [-0.4, -0.2) is 17.0 Å². The molecule has 0 aliphatic rings. The normalized spacial score (nSPS) is 11.2. The molecule has 1 heterocycles. The lowest BCUT2D eigenvalue weighted by Crippen LogP contribution is -2.42. The van der Waals surface area contributed by atoms with Crippen molar-refractivity contribution in [2.75, 3.05) is 0 Å². The van der Waals surface area contributed by atoms with Crippen LogP contribution in [0.25, 0.3) is 0 Å². The van der Waals surface area contributed by atoms with E-state index in [1.807, 2.05) is 12.1 Å². The third-order valence-corrected chi connectivity index (χ3v) is 3.56. The van der Waals surface area contributed by atoms with E-state index in [-0.39, 0.29) is 11.3 Å². The Kier molecular flexibility index (Phi) is 4.54. The van der Waals surface area contributed by atoms with Gasteiger partial charge < -0.3 is 4.52 Å². The van der Waals surface area contributed by atoms with Gasteiger partial charge in [0.2, 0.25) is 0 Å². The van der Waals surface area contributed by atoms with Crippen LogP contribution in [0.2, 0.25) is 0 Å². The zero-order chi connectivity index (χ0) is 17.2. The third-order valence-electron chi connectivity index (χ3n) is 3.56. The highest BCUT2D eigenvalue weighted by atomic mass is 16.5. The molecule has 0 aliphatic heterocycles. The average molecular weight is 315 g/mol. The van der Waals surface area contributed by atoms with Crippen LogP contribution < -0.4 is 10.9 Å². The minimum atomic E-state index is -0.457. The van der Waals surface area contributed by atoms with Gasteiger partial charge >= 0.3 is 0 Å². The molecule has 6 heteroatoms. The van der Waals surface area contributed by atoms with Crippen LogP contribution in [0, 0.1) is 13.8 Å². The molecular weight excluding hydrogens is 294 g/mol. The molecule has 2 amide bonds. The third kappa shape index (κ3) is 3.77. The molecule has 2 N–H and O–H groups in total. The SMILES string of the molecule is Cc1noc(C)c1C(=O)NNC(=O)c1ccc(C(C)(C)C)cc1. The number of aryl methyl sites for hydroxylation is 2. The zero-order valence-electron chi connectivity index (χ0n) is 14.0. The number of hydrogen-bond acceptors (Lipinski definition) is 4. The molecule has 122 valence electrons. The Morgan fingerprint density at radius 2 is 1.57 bits per heavy atom. The summed E-state index contributed by atoms with van der Waals surface area (Å²) < 4.78 is 4.93. The molecule has 0 fully saturated rings. The second kappa shape index (κ2) is 6.24. The lowest BCUT2D eigenvalue weighted by Gasteiger charge is -2.19. The van der Waals surface area contributed by atoms with Crippen LogP contribution >= 0.6 is 0 Å². The largest absolute Gasteiger partial charge is 0.361 e. The van der Waals surface area contributed by atoms with E-state index >= 15 is 0 Å². The van der Waals surface area contributed by atoms with Crippen molar-refractivity contribution in [3.05, 3.63) is 52.4 Å². The Bertz CT molecular complexity index is 705. The Labute approximate surface area is 135 Å². The smallest absolute Gasteiger partial charge is 0.275 e. The molecule has 0 aliphatic carbocycles. The van der Waals surface area contributed by atoms with Gasteiger partial charge in [-0.15, -0.1) is 0 Å². The Hall–Kier alpha value is -2.63. The molecule has 0 saturated heterocycles. The molecule has 23 heavy (non-hydrogen) atoms. The lowest BCUT2D eigenvalue weighted by molar-refractivity contribution is 0.0845. The topological polar surface area (TPSA) is 84.2 Å². The first-order chi connectivity index (χ1) is 10.7. The monoisotopic (exact) mass is 315 g/mol. The maximum Gasteiger partial charge on any atom is 0.275 e. The van der Waals surface area contributed by atoms with Gasteiger partial charge in [-0.1, -0.05) is 38.1 Å². The zero-order valence-corrected chi connectivity index (χ0v) is 14.0. The summed E-state index contributed by atoms with van der Waals surface area (Å²) in [4.78, 5) is 24.1. The summed E-state index contributed by atoms with van der Waals surface area (Å²) >= 11 is 0. The first-order valence-electron chi connectivity index (χ1n) is 7.34. The number of carbonyl (C=O) groups is 2. The maximum atomic E-state index is 12.1. The summed E-state index contributed by atoms with van der Waals surface area (Å²) in [5, 5.41) is 3.71. The standard InChI is InChI=1S/C17H21N3O3/c1-10-14(11(2)23-20-10)16(22)19-18-15(21)12-6-8-13(9-7-12)17(3,4)5/h6-9H,1-5H3,(H,18,21)(H,19,22). The fourth-order valence-electron chi connectivity index (χ4n) is 2.18. The van der Waals surface area contributed by atoms with Gasteiger partial charge in [-0.3, -0.25) is 20.4 Å². The van der Waals surface area contributed by atoms with Crippen molar-refractivity contribution in [1.29, 1.82) is 0 Å². The molecule has 0 atom stereocenters. The predicted octanol–water partition coefficient (Wildman–Crippen LogP) is 2.66. The molecule has 0 bridgehead atoms. The van der Waals surface area contributed by atoms with Crippen molar-refractivity contribution in [2.24, 2.45) is 0 Å². The first-order valence-corrected chi connectivity index (χ1v) is 7.34. The van der Waals surface area contributed by atoms with E-state index in [0.717, 1.165) is 5.56 Å². The van der Waals surface area contributed by atoms with Crippen molar-refractivity contribution in [2.45, 2.75) is 40.0 Å². The lowest BCUT2D eigenvalue weighted by atomic mass is 9.87. The summed E-state index contributed by atoms with van der Waals surface area (Å²) in [6.45, 7) is 9.62. The van der Waals surface area contributed by atoms with Gasteiger partial charge in [0.15, 0.2) is 0 Å². The van der Waals surface area contributed by atoms with E-state index in [9.17, 15) is 9.59 Å². The van der Waals surface area contributed by atoms with Crippen LogP contribution in [0.15, 0.2) is 28.8 Å². The van der Waals surface area contributed by atoms with E-state index in [2.05, 4.69) is 36.8 Å². The highest BCUT2D eigenvalue weighted by Gasteiger charge is 2.18. The molecule has 1 aromatic heterocycles. The summed E-state index contributed by atoms with van der Waals surface area (Å²) in [7, 11) is 0. The number of aromatic nitrogens is 1. The Morgan fingerprint density at radius 3 is 2.04 bits per heavy atom. The van der Waals surface area contributed by atoms with E-state index in [1.165, 1.54) is 0 Å². The number of hydrogen-bond donors (Lipinski definition) is 2. The van der Waals surface area contributed by atoms with Crippen molar-refractivity contribution in [3.63, 3.8) is 0 Å². The first kappa shape index (κ1) is 16.7. The molecule has 0 unspecified atom stereocenters. The molecule has 0 saturated carbocycles. The van der Waals surface area contributed by atoms with E-state index in [1.54, 1.807) is 26.0 Å². The van der Waals surface area contributed by atoms with Gasteiger partial charge in [0.1, 0.15) is 11.3 Å². The number of rotatable bonds is 2. The Balaban J connectivity index is 2.01. The van der Waals surface area contributed by atoms with Crippen molar-refractivity contribution >= 4 is 11.8 Å². The molecular formula is C17H21N3O3. The van der Waals surface area contributed by atoms with Crippen LogP contribution in [0.4, 0.5) is 0 Å². The van der Waals surface area contributed by atoms with Gasteiger partial charge in [-0.25, -0.2) is 0 Å². The highest BCUT2D eigenvalue weighted by molar-refractivity contribution is 6.00. The number of carbonyl (C=O) groups excluding carboxylic acids is 2. The second-order valence-corrected chi connectivity index (χ2v) is 6.43. The molecule has 1 aromatic carbocycles. The summed E-state index contributed by atoms with van der Waals surface area (Å²) in [6.07, 6.45) is 0. The molecule has 0 radical (unpaired) electrons. The number of amides is 2. The summed E-state index contributed by atoms with van der Waals surface area (Å²) in [5.41, 5.74) is 7.19. The number of benzene rings is 1. The summed E-state index contributed by atoms with van der Waals surface area (Å²) in [5.74, 6) is -0.435. The molecule has 0 spiro atoms. The summed E-state index contributed by atoms with van der Waals surface area (Å²) in [6, 6.07) is 7.28. The van der Waals surface area contributed by atoms with E-state index in [0.29, 0.717) is 22.6 Å². The molecule has 2 rings (SSSR count). The van der Waals surface area contributed by atoms with Crippen molar-refractivity contribution in [1.82, 2.24) is 16.0 Å². The van der Waals surface area contributed by atoms with Crippen LogP contribution in [0.5, 0.6) is 0 Å². The van der Waals surface area contributed by atoms with Crippen LogP contribution in [0.3, 0.4) is 0 Å². The molecule has 6 nitrogen and oxygen atoms in total. The van der Waals surface area contributed by atoms with E-state index in [4.69, 9.17) is 4.52 Å². The average Bonchev–Trinajstić information content (AvgIpc) is 2.83. The van der Waals surface area contributed by atoms with Crippen LogP contribution in [0.1, 0.15) is 58.5 Å². The number of nitrogens with one attached hydrogen (secondary N) is 2. The Morgan fingerprint density at radius 1 is 1.00 bits per heavy atom. The van der Waals surface area contributed by atoms with Gasteiger partial charge in [0.25, 0.3) is 11.8 Å².